The van der Waals surface area contributed by atoms with Gasteiger partial charge in [-0.2, -0.15) is 5.26 Å². The first-order chi connectivity index (χ1) is 11.7. The maximum atomic E-state index is 12.6. The summed E-state index contributed by atoms with van der Waals surface area (Å²) in [5.74, 6) is 0.517. The number of nitriles is 1. The number of piperidine rings is 1. The number of amides is 1. The highest BCUT2D eigenvalue weighted by Crippen LogP contribution is 2.38. The van der Waals surface area contributed by atoms with Crippen molar-refractivity contribution >= 4 is 5.91 Å². The van der Waals surface area contributed by atoms with Crippen molar-refractivity contribution in [2.45, 2.75) is 37.7 Å². The topological polar surface area (TPSA) is 73.6 Å². The number of hydrogen-bond donors (Lipinski definition) is 1. The van der Waals surface area contributed by atoms with E-state index in [9.17, 15) is 9.90 Å². The van der Waals surface area contributed by atoms with Crippen molar-refractivity contribution in [3.63, 3.8) is 0 Å². The van der Waals surface area contributed by atoms with Crippen molar-refractivity contribution in [3.05, 3.63) is 35.4 Å². The van der Waals surface area contributed by atoms with Gasteiger partial charge in [-0.3, -0.25) is 4.79 Å². The predicted molar refractivity (Wildman–Crippen MR) is 89.4 cm³/mol. The Bertz CT molecular complexity index is 628. The maximum Gasteiger partial charge on any atom is 0.253 e. The van der Waals surface area contributed by atoms with Gasteiger partial charge in [-0.15, -0.1) is 0 Å². The SMILES string of the molecule is N#Cc1cccc(C(=O)N2CCC3(CC2)CC(CCO)CCO3)c1. The summed E-state index contributed by atoms with van der Waals surface area (Å²) < 4.78 is 6.09. The summed E-state index contributed by atoms with van der Waals surface area (Å²) in [4.78, 5) is 14.5. The fraction of sp³-hybridized carbons (Fsp3) is 0.579. The van der Waals surface area contributed by atoms with Gasteiger partial charge in [0.15, 0.2) is 0 Å². The van der Waals surface area contributed by atoms with Crippen molar-refractivity contribution in [2.75, 3.05) is 26.3 Å². The van der Waals surface area contributed by atoms with E-state index in [1.807, 2.05) is 4.90 Å². The van der Waals surface area contributed by atoms with Gasteiger partial charge < -0.3 is 14.7 Å². The van der Waals surface area contributed by atoms with E-state index in [1.54, 1.807) is 24.3 Å². The third-order valence-electron chi connectivity index (χ3n) is 5.33. The molecule has 0 aromatic heterocycles. The number of carbonyl (C=O) groups is 1. The molecule has 2 saturated heterocycles. The Morgan fingerprint density at radius 1 is 1.42 bits per heavy atom. The predicted octanol–water partition coefficient (Wildman–Crippen LogP) is 2.34. The molecule has 5 nitrogen and oxygen atoms in total. The Labute approximate surface area is 142 Å². The number of carbonyl (C=O) groups excluding carboxylic acids is 1. The van der Waals surface area contributed by atoms with Gasteiger partial charge in [0, 0.05) is 31.9 Å². The summed E-state index contributed by atoms with van der Waals surface area (Å²) in [5.41, 5.74) is 0.966. The molecule has 0 aliphatic carbocycles. The van der Waals surface area contributed by atoms with E-state index in [1.165, 1.54) is 0 Å². The van der Waals surface area contributed by atoms with E-state index in [4.69, 9.17) is 10.00 Å². The molecule has 1 aromatic rings. The lowest BCUT2D eigenvalue weighted by Gasteiger charge is -2.46. The normalized spacial score (nSPS) is 23.0. The summed E-state index contributed by atoms with van der Waals surface area (Å²) in [6.07, 6.45) is 4.54. The number of hydrogen-bond acceptors (Lipinski definition) is 4. The van der Waals surface area contributed by atoms with Crippen LogP contribution in [0.15, 0.2) is 24.3 Å². The summed E-state index contributed by atoms with van der Waals surface area (Å²) in [6.45, 7) is 2.35. The van der Waals surface area contributed by atoms with Crippen LogP contribution in [0, 0.1) is 17.2 Å². The van der Waals surface area contributed by atoms with Crippen LogP contribution >= 0.6 is 0 Å². The number of aliphatic hydroxyl groups is 1. The maximum absolute atomic E-state index is 12.6. The van der Waals surface area contributed by atoms with Crippen LogP contribution in [0.5, 0.6) is 0 Å². The molecule has 1 atom stereocenters. The molecule has 2 fully saturated rings. The monoisotopic (exact) mass is 328 g/mol. The molecule has 5 heteroatoms. The molecule has 2 heterocycles. The largest absolute Gasteiger partial charge is 0.396 e. The first-order valence-corrected chi connectivity index (χ1v) is 8.70. The Morgan fingerprint density at radius 3 is 2.92 bits per heavy atom. The summed E-state index contributed by atoms with van der Waals surface area (Å²) >= 11 is 0. The highest BCUT2D eigenvalue weighted by molar-refractivity contribution is 5.94. The third kappa shape index (κ3) is 3.61. The first kappa shape index (κ1) is 16.9. The van der Waals surface area contributed by atoms with Crippen molar-refractivity contribution < 1.29 is 14.6 Å². The van der Waals surface area contributed by atoms with Crippen LogP contribution < -0.4 is 0 Å². The number of nitrogens with zero attached hydrogens (tertiary/aromatic N) is 2. The van der Waals surface area contributed by atoms with E-state index in [0.29, 0.717) is 30.1 Å². The highest BCUT2D eigenvalue weighted by Gasteiger charge is 2.41. The zero-order valence-corrected chi connectivity index (χ0v) is 13.9. The second-order valence-corrected chi connectivity index (χ2v) is 6.89. The number of rotatable bonds is 3. The molecular weight excluding hydrogens is 304 g/mol. The number of likely N-dealkylation sites (tertiary alicyclic amines) is 1. The molecule has 1 N–H and O–H groups in total. The zero-order valence-electron chi connectivity index (χ0n) is 13.9. The minimum Gasteiger partial charge on any atom is -0.396 e. The zero-order chi connectivity index (χ0) is 17.0. The average Bonchev–Trinajstić information content (AvgIpc) is 2.62. The van der Waals surface area contributed by atoms with E-state index in [2.05, 4.69) is 6.07 Å². The minimum atomic E-state index is -0.122. The average molecular weight is 328 g/mol. The Balaban J connectivity index is 1.62. The van der Waals surface area contributed by atoms with Gasteiger partial charge in [0.1, 0.15) is 0 Å². The van der Waals surface area contributed by atoms with E-state index >= 15 is 0 Å². The van der Waals surface area contributed by atoms with Gasteiger partial charge in [0.2, 0.25) is 0 Å². The van der Waals surface area contributed by atoms with E-state index in [0.717, 1.165) is 38.7 Å². The second-order valence-electron chi connectivity index (χ2n) is 6.89. The molecule has 2 aliphatic rings. The van der Waals surface area contributed by atoms with Crippen molar-refractivity contribution in [1.82, 2.24) is 4.90 Å². The van der Waals surface area contributed by atoms with Gasteiger partial charge in [0.05, 0.1) is 17.2 Å². The number of aliphatic hydroxyl groups excluding tert-OH is 1. The summed E-state index contributed by atoms with van der Waals surface area (Å²) in [7, 11) is 0. The highest BCUT2D eigenvalue weighted by atomic mass is 16.5. The lowest BCUT2D eigenvalue weighted by molar-refractivity contribution is -0.125. The molecule has 24 heavy (non-hydrogen) atoms. The third-order valence-corrected chi connectivity index (χ3v) is 5.33. The molecule has 1 aromatic carbocycles. The Morgan fingerprint density at radius 2 is 2.21 bits per heavy atom. The fourth-order valence-electron chi connectivity index (χ4n) is 3.93. The molecule has 0 bridgehead atoms. The Kier molecular flexibility index (Phi) is 5.17. The molecular formula is C19H24N2O3. The van der Waals surface area contributed by atoms with Crippen LogP contribution in [0.2, 0.25) is 0 Å². The quantitative estimate of drug-likeness (QED) is 0.924. The van der Waals surface area contributed by atoms with Crippen molar-refractivity contribution in [3.8, 4) is 6.07 Å². The van der Waals surface area contributed by atoms with E-state index < -0.39 is 0 Å². The molecule has 0 radical (unpaired) electrons. The van der Waals surface area contributed by atoms with Gasteiger partial charge in [0.25, 0.3) is 5.91 Å². The van der Waals surface area contributed by atoms with Crippen LogP contribution in [0.4, 0.5) is 0 Å². The summed E-state index contributed by atoms with van der Waals surface area (Å²) in [6, 6.07) is 8.96. The molecule has 3 rings (SSSR count). The molecule has 0 saturated carbocycles. The second kappa shape index (κ2) is 7.33. The van der Waals surface area contributed by atoms with Crippen molar-refractivity contribution in [1.29, 1.82) is 5.26 Å². The number of benzene rings is 1. The van der Waals surface area contributed by atoms with Crippen LogP contribution in [-0.2, 0) is 4.74 Å². The fourth-order valence-corrected chi connectivity index (χ4v) is 3.93. The molecule has 2 aliphatic heterocycles. The number of ether oxygens (including phenoxy) is 1. The standard InChI is InChI=1S/C19H24N2O3/c20-14-16-2-1-3-17(12-16)18(23)21-8-6-19(7-9-21)13-15(4-10-22)5-11-24-19/h1-3,12,15,22H,4-11,13H2. The van der Waals surface area contributed by atoms with Crippen LogP contribution in [0.25, 0.3) is 0 Å². The molecule has 1 unspecified atom stereocenters. The lowest BCUT2D eigenvalue weighted by Crippen LogP contribution is -2.50. The first-order valence-electron chi connectivity index (χ1n) is 8.70. The van der Waals surface area contributed by atoms with Crippen LogP contribution in [0.1, 0.15) is 48.0 Å². The molecule has 1 amide bonds. The lowest BCUT2D eigenvalue weighted by atomic mass is 9.78. The minimum absolute atomic E-state index is 0.00957. The molecule has 128 valence electrons. The van der Waals surface area contributed by atoms with Gasteiger partial charge >= 0.3 is 0 Å². The van der Waals surface area contributed by atoms with Crippen molar-refractivity contribution in [2.24, 2.45) is 5.92 Å². The van der Waals surface area contributed by atoms with Crippen LogP contribution in [-0.4, -0.2) is 47.8 Å². The summed E-state index contributed by atoms with van der Waals surface area (Å²) in [5, 5.41) is 18.2. The van der Waals surface area contributed by atoms with Gasteiger partial charge in [-0.05, 0) is 56.2 Å². The van der Waals surface area contributed by atoms with Crippen LogP contribution in [0.3, 0.4) is 0 Å². The van der Waals surface area contributed by atoms with Gasteiger partial charge in [-0.25, -0.2) is 0 Å². The Hall–Kier alpha value is -1.90. The van der Waals surface area contributed by atoms with Gasteiger partial charge in [-0.1, -0.05) is 6.07 Å². The van der Waals surface area contributed by atoms with E-state index in [-0.39, 0.29) is 18.1 Å². The smallest absolute Gasteiger partial charge is 0.253 e. The molecule has 1 spiro atoms.